The van der Waals surface area contributed by atoms with Crippen LogP contribution in [-0.4, -0.2) is 163 Å². The van der Waals surface area contributed by atoms with Crippen molar-refractivity contribution in [1.82, 2.24) is 0 Å². The minimum absolute atomic E-state index is 0.0194. The van der Waals surface area contributed by atoms with Gasteiger partial charge in [0.05, 0.1) is 133 Å². The molecule has 8 rings (SSSR count). The van der Waals surface area contributed by atoms with Gasteiger partial charge >= 0.3 is 11.9 Å². The Hall–Kier alpha value is -7.93. The highest BCUT2D eigenvalue weighted by Crippen LogP contribution is 2.45. The van der Waals surface area contributed by atoms with Crippen molar-refractivity contribution in [3.05, 3.63) is 155 Å². The van der Waals surface area contributed by atoms with E-state index in [9.17, 15) is 40.3 Å². The van der Waals surface area contributed by atoms with Gasteiger partial charge < -0.3 is 65.4 Å². The number of hydrogen-bond acceptors (Lipinski definition) is 19. The van der Waals surface area contributed by atoms with Crippen LogP contribution in [0, 0.1) is 0 Å². The lowest BCUT2D eigenvalue weighted by atomic mass is 9.86. The molecule has 0 aromatic heterocycles. The fraction of sp³-hybridized carbons (Fsp3) is 0.400. The number of Topliss-reactive ketones (excluding diaryl/α,β-unsaturated/α-hetero) is 1. The first-order valence-electron chi connectivity index (χ1n) is 28.4. The van der Waals surface area contributed by atoms with E-state index in [0.29, 0.717) is 80.9 Å². The van der Waals surface area contributed by atoms with Crippen molar-refractivity contribution in [1.29, 1.82) is 0 Å². The summed E-state index contributed by atoms with van der Waals surface area (Å²) in [5.74, 6) is 4.37. The van der Waals surface area contributed by atoms with E-state index in [1.165, 1.54) is 59.7 Å². The van der Waals surface area contributed by atoms with Crippen LogP contribution in [0.3, 0.4) is 0 Å². The second-order valence-electron chi connectivity index (χ2n) is 21.5. The average Bonchev–Trinajstić information content (AvgIpc) is 0.899. The van der Waals surface area contributed by atoms with Crippen molar-refractivity contribution in [2.45, 2.75) is 73.2 Å². The maximum atomic E-state index is 13.2. The number of methoxy groups -OCH3 is 8. The molecule has 6 aromatic carbocycles. The number of likely N-dealkylation sites (N-methyl/N-ethyl adjacent to an activating group) is 2. The highest BCUT2D eigenvalue weighted by Gasteiger charge is 2.42. The van der Waals surface area contributed by atoms with Gasteiger partial charge in [-0.3, -0.25) is 14.4 Å². The molecular weight excluding hydrogens is 1180 g/mol. The lowest BCUT2D eigenvalue weighted by Crippen LogP contribution is -2.53. The van der Waals surface area contributed by atoms with E-state index < -0.39 is 20.2 Å². The highest BCUT2D eigenvalue weighted by molar-refractivity contribution is 7.86. The molecule has 0 saturated carbocycles. The van der Waals surface area contributed by atoms with E-state index >= 15 is 0 Å². The van der Waals surface area contributed by atoms with Crippen LogP contribution in [-0.2, 0) is 69.8 Å². The largest absolute Gasteiger partial charge is 0.744 e. The zero-order chi connectivity index (χ0) is 64.2. The van der Waals surface area contributed by atoms with Gasteiger partial charge in [-0.05, 0) is 95.1 Å². The maximum absolute atomic E-state index is 13.2. The normalized spacial score (nSPS) is 17.5. The Morgan fingerprint density at radius 3 is 1.06 bits per heavy atom. The average molecular weight is 1260 g/mol. The molecule has 2 heterocycles. The predicted octanol–water partition coefficient (Wildman–Crippen LogP) is 8.43. The molecule has 0 amide bonds. The van der Waals surface area contributed by atoms with Crippen molar-refractivity contribution in [3.63, 3.8) is 0 Å². The summed E-state index contributed by atoms with van der Waals surface area (Å²) in [7, 11) is 8.84. The second kappa shape index (κ2) is 31.8. The van der Waals surface area contributed by atoms with E-state index in [1.54, 1.807) is 69.0 Å². The molecule has 88 heavy (non-hydrogen) atoms. The summed E-state index contributed by atoms with van der Waals surface area (Å²) < 4.78 is 119. The Kier molecular flexibility index (Phi) is 25.0. The van der Waals surface area contributed by atoms with E-state index in [1.807, 2.05) is 36.4 Å². The van der Waals surface area contributed by atoms with Gasteiger partial charge in [0.15, 0.2) is 46.0 Å². The summed E-state index contributed by atoms with van der Waals surface area (Å²) in [6.07, 6.45) is 3.35. The molecule has 0 fully saturated rings. The van der Waals surface area contributed by atoms with Gasteiger partial charge in [-0.25, -0.2) is 16.8 Å². The van der Waals surface area contributed by atoms with Gasteiger partial charge in [-0.2, -0.15) is 0 Å². The summed E-state index contributed by atoms with van der Waals surface area (Å²) in [6.45, 7) is 2.56. The van der Waals surface area contributed by atoms with Crippen molar-refractivity contribution >= 4 is 38.0 Å². The van der Waals surface area contributed by atoms with E-state index in [4.69, 9.17) is 47.4 Å². The number of nitrogens with zero attached hydrogens (tertiary/aromatic N) is 2. The molecule has 6 aromatic rings. The number of rotatable bonds is 26. The minimum atomic E-state index is -4.25. The van der Waals surface area contributed by atoms with Crippen LogP contribution in [0.4, 0.5) is 0 Å². The monoisotopic (exact) mass is 1260 g/mol. The summed E-state index contributed by atoms with van der Waals surface area (Å²) in [5, 5.41) is 0. The Morgan fingerprint density at radius 2 is 0.750 bits per heavy atom. The van der Waals surface area contributed by atoms with Crippen LogP contribution in [0.25, 0.3) is 0 Å². The summed E-state index contributed by atoms with van der Waals surface area (Å²) in [4.78, 5) is 38.9. The fourth-order valence-electron chi connectivity index (χ4n) is 11.0. The summed E-state index contributed by atoms with van der Waals surface area (Å²) in [5.41, 5.74) is 6.76. The zero-order valence-corrected chi connectivity index (χ0v) is 53.2. The number of benzene rings is 6. The van der Waals surface area contributed by atoms with E-state index in [2.05, 4.69) is 38.4 Å². The van der Waals surface area contributed by atoms with Crippen LogP contribution in [0.15, 0.2) is 131 Å². The molecule has 476 valence electrons. The number of carbonyl (C=O) groups is 3. The van der Waals surface area contributed by atoms with Crippen molar-refractivity contribution < 1.29 is 96.7 Å². The van der Waals surface area contributed by atoms with Crippen LogP contribution in [0.2, 0.25) is 0 Å². The molecule has 0 spiro atoms. The summed E-state index contributed by atoms with van der Waals surface area (Å²) >= 11 is 0. The van der Waals surface area contributed by atoms with Crippen LogP contribution in [0.1, 0.15) is 71.1 Å². The number of hydrogen-bond donors (Lipinski definition) is 0. The SMILES string of the molecule is COc1ccc(CC2c3cc(OC)c(OC)cc3CC[N+]2(C)CCC(=O)OCCC(=O)CCOC(=O)CC[N+]2(C)CCc3cc(OC)c(OC)cc3C2Cc2ccc(OC)c(OC)c2)cc1OC.O=S(=O)([O-])c1ccccc1.O=S(=O)([O-])c1ccccc1. The fourth-order valence-corrected chi connectivity index (χ4v) is 12.0. The van der Waals surface area contributed by atoms with Gasteiger partial charge in [-0.15, -0.1) is 0 Å². The Morgan fingerprint density at radius 1 is 0.432 bits per heavy atom. The first-order valence-corrected chi connectivity index (χ1v) is 31.2. The lowest BCUT2D eigenvalue weighted by Gasteiger charge is -2.46. The standard InChI is InChI=1S/C53H70N2O13.2C6H6O3S/c1-54(21-15-37-31-48(63-7)50(65-9)33-40(37)42(54)27-35-11-13-44(59-3)46(29-35)61-5)23-17-52(57)67-25-19-39(56)20-26-68-53(58)18-24-55(2)22-16-38-32-49(64-8)51(66-10)34-41(38)43(55)28-36-12-14-45(60-4)47(30-36)62-6;2*7-10(8,9)6-4-2-1-3-5-6/h11-14,29-34,42-43H,15-28H2,1-10H3;2*1-5H,(H,7,8,9)/q+2;;/p-2. The van der Waals surface area contributed by atoms with Crippen molar-refractivity contribution in [2.75, 3.05) is 110 Å². The second-order valence-corrected chi connectivity index (χ2v) is 24.3. The van der Waals surface area contributed by atoms with Crippen LogP contribution in [0.5, 0.6) is 46.0 Å². The zero-order valence-electron chi connectivity index (χ0n) is 51.6. The summed E-state index contributed by atoms with van der Waals surface area (Å²) in [6, 6.07) is 34.4. The third kappa shape index (κ3) is 18.6. The molecule has 4 unspecified atom stereocenters. The molecule has 23 heteroatoms. The van der Waals surface area contributed by atoms with Gasteiger partial charge in [0.2, 0.25) is 0 Å². The Labute approximate surface area is 516 Å². The number of esters is 2. The quantitative estimate of drug-likeness (QED) is 0.0280. The molecule has 0 radical (unpaired) electrons. The number of quaternary nitrogens is 2. The van der Waals surface area contributed by atoms with Gasteiger partial charge in [-0.1, -0.05) is 48.5 Å². The number of carbonyl (C=O) groups excluding carboxylic acids is 3. The molecule has 4 atom stereocenters. The first kappa shape index (κ1) is 69.2. The number of fused-ring (bicyclic) bond motifs is 2. The molecule has 0 saturated heterocycles. The highest BCUT2D eigenvalue weighted by atomic mass is 32.2. The van der Waals surface area contributed by atoms with Gasteiger partial charge in [0.25, 0.3) is 0 Å². The molecule has 0 N–H and O–H groups in total. The van der Waals surface area contributed by atoms with Gasteiger partial charge in [0, 0.05) is 49.7 Å². The molecular formula is C65H80N2O19S2. The number of ketones is 1. The van der Waals surface area contributed by atoms with Gasteiger partial charge in [0.1, 0.15) is 38.1 Å². The number of ether oxygens (including phenoxy) is 10. The van der Waals surface area contributed by atoms with Crippen LogP contribution < -0.4 is 37.9 Å². The van der Waals surface area contributed by atoms with Crippen molar-refractivity contribution in [3.8, 4) is 46.0 Å². The van der Waals surface area contributed by atoms with Crippen LogP contribution >= 0.6 is 0 Å². The Bertz CT molecular complexity index is 3320. The molecule has 0 aliphatic carbocycles. The maximum Gasteiger partial charge on any atom is 0.311 e. The van der Waals surface area contributed by atoms with E-state index in [-0.39, 0.29) is 78.5 Å². The topological polar surface area (TPSA) is 258 Å². The van der Waals surface area contributed by atoms with Crippen molar-refractivity contribution in [2.24, 2.45) is 0 Å². The minimum Gasteiger partial charge on any atom is -0.744 e. The lowest BCUT2D eigenvalue weighted by molar-refractivity contribution is -0.940. The predicted molar refractivity (Wildman–Crippen MR) is 325 cm³/mol. The first-order chi connectivity index (χ1) is 42.0. The molecule has 21 nitrogen and oxygen atoms in total. The molecule has 2 aliphatic heterocycles. The third-order valence-corrected chi connectivity index (χ3v) is 17.8. The Balaban J connectivity index is 0.000000519. The van der Waals surface area contributed by atoms with E-state index in [0.717, 1.165) is 48.2 Å². The molecule has 0 bridgehead atoms. The molecule has 2 aliphatic rings. The smallest absolute Gasteiger partial charge is 0.311 e. The third-order valence-electron chi connectivity index (χ3n) is 16.1.